The lowest BCUT2D eigenvalue weighted by Crippen LogP contribution is -2.56. The summed E-state index contributed by atoms with van der Waals surface area (Å²) in [6.07, 6.45) is 0. The highest BCUT2D eigenvalue weighted by molar-refractivity contribution is 6.41. The summed E-state index contributed by atoms with van der Waals surface area (Å²) < 4.78 is 18.1. The number of rotatable bonds is 5. The third-order valence-electron chi connectivity index (χ3n) is 4.16. The minimum Gasteiger partial charge on any atom is -0.497 e. The molecule has 1 saturated heterocycles. The largest absolute Gasteiger partial charge is 0.497 e. The highest BCUT2D eigenvalue weighted by Gasteiger charge is 2.34. The number of carbonyl (C=O) groups is 3. The first-order valence-electron chi connectivity index (χ1n) is 8.28. The molecule has 3 rings (SSSR count). The lowest BCUT2D eigenvalue weighted by Gasteiger charge is -2.33. The number of piperazine rings is 1. The number of hydrogen-bond acceptors (Lipinski definition) is 4. The lowest BCUT2D eigenvalue weighted by atomic mass is 10.2. The van der Waals surface area contributed by atoms with E-state index in [1.54, 1.807) is 31.4 Å². The number of carbonyl (C=O) groups excluding carboxylic acids is 3. The van der Waals surface area contributed by atoms with Crippen LogP contribution in [0, 0.1) is 5.82 Å². The van der Waals surface area contributed by atoms with E-state index in [-0.39, 0.29) is 19.6 Å². The predicted molar refractivity (Wildman–Crippen MR) is 97.0 cm³/mol. The van der Waals surface area contributed by atoms with E-state index in [9.17, 15) is 18.8 Å². The Bertz CT molecular complexity index is 852. The van der Waals surface area contributed by atoms with Crippen molar-refractivity contribution in [3.05, 3.63) is 54.3 Å². The van der Waals surface area contributed by atoms with Crippen LogP contribution in [0.3, 0.4) is 0 Å². The first-order valence-corrected chi connectivity index (χ1v) is 8.28. The quantitative estimate of drug-likeness (QED) is 0.811. The number of methoxy groups -OCH3 is 1. The average Bonchev–Trinajstić information content (AvgIpc) is 2.67. The molecule has 2 aromatic carbocycles. The molecule has 140 valence electrons. The van der Waals surface area contributed by atoms with Gasteiger partial charge in [-0.2, -0.15) is 0 Å². The molecule has 2 aromatic rings. The van der Waals surface area contributed by atoms with Crippen LogP contribution in [0.2, 0.25) is 0 Å². The standard InChI is InChI=1S/C19H18FN3O4/c1-27-16-8-4-14(5-9-16)21-17(24)12-22-10-11-23(19(26)18(22)25)15-6-2-13(20)3-7-15/h2-9H,10-12H2,1H3,(H,21,24). The van der Waals surface area contributed by atoms with Gasteiger partial charge in [0.05, 0.1) is 7.11 Å². The van der Waals surface area contributed by atoms with E-state index in [1.807, 2.05) is 0 Å². The molecular weight excluding hydrogens is 353 g/mol. The number of ether oxygens (including phenoxy) is 1. The smallest absolute Gasteiger partial charge is 0.316 e. The van der Waals surface area contributed by atoms with Crippen molar-refractivity contribution >= 4 is 29.1 Å². The van der Waals surface area contributed by atoms with Gasteiger partial charge in [-0.3, -0.25) is 14.4 Å². The van der Waals surface area contributed by atoms with Crippen LogP contribution in [0.15, 0.2) is 48.5 Å². The summed E-state index contributed by atoms with van der Waals surface area (Å²) in [6.45, 7) is 0.206. The number of nitrogens with one attached hydrogen (secondary N) is 1. The summed E-state index contributed by atoms with van der Waals surface area (Å²) in [5, 5.41) is 2.67. The Kier molecular flexibility index (Phi) is 5.35. The molecule has 0 bridgehead atoms. The normalized spacial score (nSPS) is 14.3. The van der Waals surface area contributed by atoms with Gasteiger partial charge in [0, 0.05) is 24.5 Å². The van der Waals surface area contributed by atoms with Crippen LogP contribution >= 0.6 is 0 Å². The Morgan fingerprint density at radius 2 is 1.70 bits per heavy atom. The highest BCUT2D eigenvalue weighted by Crippen LogP contribution is 2.19. The highest BCUT2D eigenvalue weighted by atomic mass is 19.1. The third kappa shape index (κ3) is 4.22. The molecule has 0 radical (unpaired) electrons. The van der Waals surface area contributed by atoms with Crippen molar-refractivity contribution in [2.45, 2.75) is 0 Å². The minimum absolute atomic E-state index is 0.206. The van der Waals surface area contributed by atoms with Crippen molar-refractivity contribution in [3.8, 4) is 5.75 Å². The second kappa shape index (κ2) is 7.86. The Balaban J connectivity index is 1.60. The van der Waals surface area contributed by atoms with Crippen molar-refractivity contribution in [1.82, 2.24) is 4.90 Å². The van der Waals surface area contributed by atoms with Gasteiger partial charge in [0.15, 0.2) is 0 Å². The Hall–Kier alpha value is -3.42. The molecule has 0 saturated carbocycles. The summed E-state index contributed by atoms with van der Waals surface area (Å²) in [5.74, 6) is -1.69. The SMILES string of the molecule is COc1ccc(NC(=O)CN2CCN(c3ccc(F)cc3)C(=O)C2=O)cc1. The van der Waals surface area contributed by atoms with Crippen molar-refractivity contribution in [3.63, 3.8) is 0 Å². The number of anilines is 2. The number of amides is 3. The number of benzene rings is 2. The molecule has 3 amide bonds. The summed E-state index contributed by atoms with van der Waals surface area (Å²) in [4.78, 5) is 39.3. The maximum atomic E-state index is 13.0. The molecule has 1 heterocycles. The molecule has 7 nitrogen and oxygen atoms in total. The Morgan fingerprint density at radius 1 is 1.04 bits per heavy atom. The molecule has 0 aliphatic carbocycles. The van der Waals surface area contributed by atoms with Crippen molar-refractivity contribution in [2.24, 2.45) is 0 Å². The third-order valence-corrected chi connectivity index (χ3v) is 4.16. The molecular formula is C19H18FN3O4. The lowest BCUT2D eigenvalue weighted by molar-refractivity contribution is -0.147. The zero-order chi connectivity index (χ0) is 19.4. The van der Waals surface area contributed by atoms with Gasteiger partial charge < -0.3 is 19.9 Å². The van der Waals surface area contributed by atoms with Crippen LogP contribution in [-0.4, -0.2) is 49.4 Å². The summed E-state index contributed by atoms with van der Waals surface area (Å²) in [7, 11) is 1.54. The van der Waals surface area contributed by atoms with Crippen LogP contribution in [-0.2, 0) is 14.4 Å². The molecule has 1 fully saturated rings. The first-order chi connectivity index (χ1) is 13.0. The van der Waals surface area contributed by atoms with Crippen LogP contribution in [0.4, 0.5) is 15.8 Å². The van der Waals surface area contributed by atoms with Crippen LogP contribution < -0.4 is 15.0 Å². The van der Waals surface area contributed by atoms with Gasteiger partial charge >= 0.3 is 11.8 Å². The van der Waals surface area contributed by atoms with Gasteiger partial charge in [0.2, 0.25) is 5.91 Å². The van der Waals surface area contributed by atoms with E-state index in [2.05, 4.69) is 5.32 Å². The summed E-state index contributed by atoms with van der Waals surface area (Å²) in [6, 6.07) is 12.1. The molecule has 1 aliphatic rings. The predicted octanol–water partition coefficient (Wildman–Crippen LogP) is 1.65. The fourth-order valence-corrected chi connectivity index (χ4v) is 2.74. The molecule has 8 heteroatoms. The van der Waals surface area contributed by atoms with Gasteiger partial charge in [-0.15, -0.1) is 0 Å². The molecule has 27 heavy (non-hydrogen) atoms. The maximum Gasteiger partial charge on any atom is 0.316 e. The molecule has 0 aromatic heterocycles. The van der Waals surface area contributed by atoms with E-state index in [4.69, 9.17) is 4.74 Å². The first kappa shape index (κ1) is 18.4. The number of halogens is 1. The van der Waals surface area contributed by atoms with Crippen LogP contribution in [0.5, 0.6) is 5.75 Å². The second-order valence-corrected chi connectivity index (χ2v) is 5.94. The molecule has 1 N–H and O–H groups in total. The van der Waals surface area contributed by atoms with E-state index >= 15 is 0 Å². The van der Waals surface area contributed by atoms with E-state index in [0.717, 1.165) is 0 Å². The van der Waals surface area contributed by atoms with Gasteiger partial charge in [0.25, 0.3) is 0 Å². The van der Waals surface area contributed by atoms with Crippen molar-refractivity contribution in [1.29, 1.82) is 0 Å². The van der Waals surface area contributed by atoms with Gasteiger partial charge in [-0.05, 0) is 48.5 Å². The molecule has 0 spiro atoms. The molecule has 1 aliphatic heterocycles. The zero-order valence-corrected chi connectivity index (χ0v) is 14.6. The topological polar surface area (TPSA) is 79.0 Å². The Labute approximate surface area is 155 Å². The Morgan fingerprint density at radius 3 is 2.33 bits per heavy atom. The monoisotopic (exact) mass is 371 g/mol. The number of nitrogens with zero attached hydrogens (tertiary/aromatic N) is 2. The van der Waals surface area contributed by atoms with Crippen LogP contribution in [0.1, 0.15) is 0 Å². The molecule has 0 unspecified atom stereocenters. The fourth-order valence-electron chi connectivity index (χ4n) is 2.74. The van der Waals surface area contributed by atoms with Crippen molar-refractivity contribution < 1.29 is 23.5 Å². The van der Waals surface area contributed by atoms with Gasteiger partial charge in [0.1, 0.15) is 18.1 Å². The maximum absolute atomic E-state index is 13.0. The minimum atomic E-state index is -0.768. The second-order valence-electron chi connectivity index (χ2n) is 5.94. The van der Waals surface area contributed by atoms with E-state index in [0.29, 0.717) is 17.1 Å². The fraction of sp³-hybridized carbons (Fsp3) is 0.211. The summed E-state index contributed by atoms with van der Waals surface area (Å²) in [5.41, 5.74) is 1.00. The molecule has 0 atom stereocenters. The summed E-state index contributed by atoms with van der Waals surface area (Å²) >= 11 is 0. The van der Waals surface area contributed by atoms with Gasteiger partial charge in [-0.1, -0.05) is 0 Å². The number of hydrogen-bond donors (Lipinski definition) is 1. The zero-order valence-electron chi connectivity index (χ0n) is 14.6. The van der Waals surface area contributed by atoms with Crippen molar-refractivity contribution in [2.75, 3.05) is 37.0 Å². The van der Waals surface area contributed by atoms with Crippen LogP contribution in [0.25, 0.3) is 0 Å². The van der Waals surface area contributed by atoms with E-state index in [1.165, 1.54) is 34.1 Å². The average molecular weight is 371 g/mol. The van der Waals surface area contributed by atoms with Gasteiger partial charge in [-0.25, -0.2) is 4.39 Å². The van der Waals surface area contributed by atoms with E-state index < -0.39 is 23.5 Å².